The normalized spacial score (nSPS) is 25.1. The molecular weight excluding hydrogens is 264 g/mol. The number of rotatable bonds is 9. The van der Waals surface area contributed by atoms with E-state index in [9.17, 15) is 0 Å². The van der Waals surface area contributed by atoms with E-state index in [1.165, 1.54) is 57.8 Å². The fourth-order valence-electron chi connectivity index (χ4n) is 4.92. The summed E-state index contributed by atoms with van der Waals surface area (Å²) in [6.45, 7) is 19.8. The zero-order valence-corrected chi connectivity index (χ0v) is 17.0. The fraction of sp³-hybridized carbons (Fsp3) is 1.00. The second-order valence-electron chi connectivity index (χ2n) is 9.94. The minimum absolute atomic E-state index is 0.513. The second-order valence-corrected chi connectivity index (χ2v) is 9.94. The van der Waals surface area contributed by atoms with Gasteiger partial charge in [-0.05, 0) is 47.3 Å². The highest BCUT2D eigenvalue weighted by Gasteiger charge is 2.55. The Morgan fingerprint density at radius 3 is 1.73 bits per heavy atom. The van der Waals surface area contributed by atoms with Crippen LogP contribution >= 0.6 is 0 Å². The third-order valence-electron chi connectivity index (χ3n) is 7.91. The summed E-state index contributed by atoms with van der Waals surface area (Å²) in [5, 5.41) is 0. The molecule has 0 aliphatic heterocycles. The third-order valence-corrected chi connectivity index (χ3v) is 7.91. The van der Waals surface area contributed by atoms with Crippen LogP contribution in [0.1, 0.15) is 113 Å². The molecule has 1 saturated carbocycles. The van der Waals surface area contributed by atoms with Gasteiger partial charge in [-0.1, -0.05) is 93.9 Å². The Morgan fingerprint density at radius 2 is 1.23 bits per heavy atom. The minimum atomic E-state index is 0.513. The first-order valence-corrected chi connectivity index (χ1v) is 10.1. The fourth-order valence-corrected chi connectivity index (χ4v) is 4.92. The summed E-state index contributed by atoms with van der Waals surface area (Å²) in [5.41, 5.74) is 1.54. The average Bonchev–Trinajstić information content (AvgIpc) is 2.59. The molecule has 0 aromatic carbocycles. The Hall–Kier alpha value is 0. The van der Waals surface area contributed by atoms with E-state index < -0.39 is 0 Å². The highest BCUT2D eigenvalue weighted by Crippen LogP contribution is 2.64. The van der Waals surface area contributed by atoms with E-state index in [1.54, 1.807) is 0 Å². The van der Waals surface area contributed by atoms with Crippen LogP contribution in [0.3, 0.4) is 0 Å². The molecule has 0 amide bonds. The van der Waals surface area contributed by atoms with Crippen LogP contribution in [-0.2, 0) is 0 Å². The van der Waals surface area contributed by atoms with Crippen LogP contribution < -0.4 is 0 Å². The van der Waals surface area contributed by atoms with Gasteiger partial charge >= 0.3 is 0 Å². The van der Waals surface area contributed by atoms with Crippen molar-refractivity contribution in [2.45, 2.75) is 113 Å². The highest BCUT2D eigenvalue weighted by atomic mass is 14.6. The average molecular weight is 309 g/mol. The van der Waals surface area contributed by atoms with Gasteiger partial charge in [0.1, 0.15) is 0 Å². The zero-order chi connectivity index (χ0) is 17.0. The van der Waals surface area contributed by atoms with Crippen molar-refractivity contribution < 1.29 is 0 Å². The van der Waals surface area contributed by atoms with Crippen molar-refractivity contribution in [2.24, 2.45) is 28.1 Å². The Morgan fingerprint density at radius 1 is 0.727 bits per heavy atom. The number of unbranched alkanes of at least 4 members (excludes halogenated alkanes) is 2. The van der Waals surface area contributed by atoms with Crippen LogP contribution in [0.2, 0.25) is 0 Å². The van der Waals surface area contributed by atoms with Crippen LogP contribution in [0.15, 0.2) is 0 Å². The van der Waals surface area contributed by atoms with Crippen molar-refractivity contribution in [3.63, 3.8) is 0 Å². The number of hydrogen-bond acceptors (Lipinski definition) is 0. The van der Waals surface area contributed by atoms with Gasteiger partial charge in [0.05, 0.1) is 0 Å². The maximum Gasteiger partial charge on any atom is -0.0223 e. The van der Waals surface area contributed by atoms with Crippen LogP contribution in [0, 0.1) is 28.1 Å². The standard InChI is InChI=1S/C22H44/c1-9-13-18(2)19(3)14-11-10-12-15-22(8)20(4,5)16-17-21(22,6)7/h18-19H,9-17H2,1-8H3. The van der Waals surface area contributed by atoms with Crippen molar-refractivity contribution >= 4 is 0 Å². The maximum absolute atomic E-state index is 2.58. The largest absolute Gasteiger partial charge is 0.0654 e. The molecule has 2 atom stereocenters. The zero-order valence-electron chi connectivity index (χ0n) is 17.0. The maximum atomic E-state index is 2.58. The lowest BCUT2D eigenvalue weighted by atomic mass is 9.57. The Labute approximate surface area is 141 Å². The van der Waals surface area contributed by atoms with Crippen molar-refractivity contribution in [3.05, 3.63) is 0 Å². The van der Waals surface area contributed by atoms with Gasteiger partial charge in [0.2, 0.25) is 0 Å². The van der Waals surface area contributed by atoms with Crippen LogP contribution in [0.25, 0.3) is 0 Å². The van der Waals surface area contributed by atoms with E-state index in [1.807, 2.05) is 0 Å². The Kier molecular flexibility index (Phi) is 7.03. The Bertz CT molecular complexity index is 307. The summed E-state index contributed by atoms with van der Waals surface area (Å²) in [5.74, 6) is 1.82. The summed E-state index contributed by atoms with van der Waals surface area (Å²) < 4.78 is 0. The molecule has 1 aliphatic rings. The van der Waals surface area contributed by atoms with E-state index in [-0.39, 0.29) is 0 Å². The SMILES string of the molecule is CCCC(C)C(C)CCCCCC1(C)C(C)(C)CCC1(C)C. The monoisotopic (exact) mass is 308 g/mol. The third kappa shape index (κ3) is 4.30. The minimum Gasteiger partial charge on any atom is -0.0654 e. The summed E-state index contributed by atoms with van der Waals surface area (Å²) in [6.07, 6.45) is 12.7. The smallest absolute Gasteiger partial charge is 0.0223 e. The molecule has 0 aromatic heterocycles. The molecule has 0 N–H and O–H groups in total. The van der Waals surface area contributed by atoms with Crippen molar-refractivity contribution in [2.75, 3.05) is 0 Å². The molecule has 0 heterocycles. The van der Waals surface area contributed by atoms with Gasteiger partial charge in [-0.3, -0.25) is 0 Å². The van der Waals surface area contributed by atoms with Gasteiger partial charge in [0.15, 0.2) is 0 Å². The quantitative estimate of drug-likeness (QED) is 0.380. The predicted molar refractivity (Wildman–Crippen MR) is 101 cm³/mol. The topological polar surface area (TPSA) is 0 Å². The molecule has 0 aromatic rings. The van der Waals surface area contributed by atoms with E-state index >= 15 is 0 Å². The molecule has 22 heavy (non-hydrogen) atoms. The van der Waals surface area contributed by atoms with E-state index in [4.69, 9.17) is 0 Å². The summed E-state index contributed by atoms with van der Waals surface area (Å²) >= 11 is 0. The lowest BCUT2D eigenvalue weighted by molar-refractivity contribution is 0.0181. The molecular formula is C22H44. The van der Waals surface area contributed by atoms with Gasteiger partial charge in [0.25, 0.3) is 0 Å². The second kappa shape index (κ2) is 7.71. The van der Waals surface area contributed by atoms with Gasteiger partial charge in [0, 0.05) is 0 Å². The molecule has 0 radical (unpaired) electrons. The Balaban J connectivity index is 2.35. The molecule has 0 saturated heterocycles. The van der Waals surface area contributed by atoms with Gasteiger partial charge in [-0.15, -0.1) is 0 Å². The molecule has 0 spiro atoms. The molecule has 1 aliphatic carbocycles. The molecule has 1 rings (SSSR count). The molecule has 0 bridgehead atoms. The van der Waals surface area contributed by atoms with Crippen molar-refractivity contribution in [1.82, 2.24) is 0 Å². The lowest BCUT2D eigenvalue weighted by Crippen LogP contribution is -2.39. The molecule has 1 fully saturated rings. The van der Waals surface area contributed by atoms with Crippen molar-refractivity contribution in [3.8, 4) is 0 Å². The van der Waals surface area contributed by atoms with Gasteiger partial charge in [-0.25, -0.2) is 0 Å². The van der Waals surface area contributed by atoms with Crippen LogP contribution in [0.5, 0.6) is 0 Å². The first-order valence-electron chi connectivity index (χ1n) is 10.1. The molecule has 0 heteroatoms. The van der Waals surface area contributed by atoms with E-state index in [0.717, 1.165) is 11.8 Å². The van der Waals surface area contributed by atoms with E-state index in [2.05, 4.69) is 55.4 Å². The summed E-state index contributed by atoms with van der Waals surface area (Å²) in [6, 6.07) is 0. The molecule has 0 nitrogen and oxygen atoms in total. The highest BCUT2D eigenvalue weighted by molar-refractivity contribution is 5.04. The number of hydrogen-bond donors (Lipinski definition) is 0. The van der Waals surface area contributed by atoms with Gasteiger partial charge in [-0.2, -0.15) is 0 Å². The van der Waals surface area contributed by atoms with Gasteiger partial charge < -0.3 is 0 Å². The van der Waals surface area contributed by atoms with Crippen LogP contribution in [-0.4, -0.2) is 0 Å². The molecule has 2 unspecified atom stereocenters. The van der Waals surface area contributed by atoms with Crippen molar-refractivity contribution in [1.29, 1.82) is 0 Å². The summed E-state index contributed by atoms with van der Waals surface area (Å²) in [4.78, 5) is 0. The van der Waals surface area contributed by atoms with Crippen LogP contribution in [0.4, 0.5) is 0 Å². The van der Waals surface area contributed by atoms with E-state index in [0.29, 0.717) is 16.2 Å². The molecule has 132 valence electrons. The first kappa shape index (κ1) is 20.0. The summed E-state index contributed by atoms with van der Waals surface area (Å²) in [7, 11) is 0. The predicted octanol–water partition coefficient (Wildman–Crippen LogP) is 7.86. The first-order chi connectivity index (χ1) is 10.1. The lowest BCUT2D eigenvalue weighted by Gasteiger charge is -2.47.